The Hall–Kier alpha value is -4.09. The Morgan fingerprint density at radius 2 is 2.10 bits per heavy atom. The first-order chi connectivity index (χ1) is 15.0. The summed E-state index contributed by atoms with van der Waals surface area (Å²) in [6.45, 7) is 2.27. The summed E-state index contributed by atoms with van der Waals surface area (Å²) in [5, 5.41) is 10.9. The van der Waals surface area contributed by atoms with E-state index in [2.05, 4.69) is 25.5 Å². The minimum atomic E-state index is -0.570. The summed E-state index contributed by atoms with van der Waals surface area (Å²) in [5.74, 6) is -0.222. The molecule has 4 aromatic rings. The number of hydrogen-bond acceptors (Lipinski definition) is 8. The molecule has 0 aliphatic carbocycles. The number of H-pyrrole nitrogens is 1. The normalized spacial score (nSPS) is 11.2. The number of tetrazole rings is 1. The van der Waals surface area contributed by atoms with Gasteiger partial charge in [0.2, 0.25) is 0 Å². The van der Waals surface area contributed by atoms with Crippen LogP contribution in [0.15, 0.2) is 40.2 Å². The van der Waals surface area contributed by atoms with Gasteiger partial charge in [-0.05, 0) is 35.0 Å². The lowest BCUT2D eigenvalue weighted by Gasteiger charge is -2.06. The fourth-order valence-electron chi connectivity index (χ4n) is 3.21. The van der Waals surface area contributed by atoms with Gasteiger partial charge >= 0.3 is 11.7 Å². The van der Waals surface area contributed by atoms with E-state index in [1.807, 2.05) is 6.92 Å². The zero-order chi connectivity index (χ0) is 22.0. The van der Waals surface area contributed by atoms with E-state index < -0.39 is 17.2 Å². The van der Waals surface area contributed by atoms with Crippen LogP contribution in [-0.4, -0.2) is 45.3 Å². The van der Waals surface area contributed by atoms with Crippen molar-refractivity contribution in [3.8, 4) is 5.69 Å². The van der Waals surface area contributed by atoms with Gasteiger partial charge < -0.3 is 9.30 Å². The first-order valence-corrected chi connectivity index (χ1v) is 9.68. The van der Waals surface area contributed by atoms with Crippen molar-refractivity contribution in [3.05, 3.63) is 62.8 Å². The molecule has 0 radical (unpaired) electrons. The molecule has 160 valence electrons. The van der Waals surface area contributed by atoms with Crippen LogP contribution in [0.3, 0.4) is 0 Å². The van der Waals surface area contributed by atoms with Crippen LogP contribution >= 0.6 is 0 Å². The van der Waals surface area contributed by atoms with Gasteiger partial charge in [0.1, 0.15) is 18.8 Å². The van der Waals surface area contributed by atoms with Gasteiger partial charge in [0.25, 0.3) is 5.56 Å². The molecular formula is C19H20N8O4. The number of unbranched alkanes of at least 4 members (excludes halogenated alkanes) is 1. The quantitative estimate of drug-likeness (QED) is 0.424. The third kappa shape index (κ3) is 3.86. The topological polar surface area (TPSA) is 143 Å². The second kappa shape index (κ2) is 8.34. The fourth-order valence-corrected chi connectivity index (χ4v) is 3.21. The van der Waals surface area contributed by atoms with Crippen molar-refractivity contribution in [3.63, 3.8) is 0 Å². The average Bonchev–Trinajstić information content (AvgIpc) is 3.41. The number of imidazole rings is 1. The number of carbonyl (C=O) groups is 1. The zero-order valence-corrected chi connectivity index (χ0v) is 17.0. The molecule has 1 aromatic carbocycles. The Labute approximate surface area is 175 Å². The Morgan fingerprint density at radius 1 is 1.26 bits per heavy atom. The molecule has 0 aliphatic rings. The standard InChI is InChI=1S/C19H20N8O4/c1-3-4-8-26-16-15(17(28)22-19(26)30)25(2)14(21-16)10-31-18(29)12-6-5-7-13(9-12)27-11-20-23-24-27/h5-7,9,11H,3-4,8,10H2,1-2H3,(H,22,28,30). The number of aryl methyl sites for hydroxylation is 2. The van der Waals surface area contributed by atoms with E-state index in [0.29, 0.717) is 23.6 Å². The molecule has 1 N–H and O–H groups in total. The maximum absolute atomic E-state index is 12.6. The molecule has 3 heterocycles. The molecule has 0 atom stereocenters. The van der Waals surface area contributed by atoms with Crippen LogP contribution in [0, 0.1) is 0 Å². The number of aromatic amines is 1. The van der Waals surface area contributed by atoms with Crippen molar-refractivity contribution < 1.29 is 9.53 Å². The number of aromatic nitrogens is 8. The van der Waals surface area contributed by atoms with Crippen LogP contribution in [-0.2, 0) is 24.9 Å². The third-order valence-electron chi connectivity index (χ3n) is 4.87. The van der Waals surface area contributed by atoms with E-state index in [-0.39, 0.29) is 17.8 Å². The molecule has 0 unspecified atom stereocenters. The van der Waals surface area contributed by atoms with Gasteiger partial charge in [-0.1, -0.05) is 19.4 Å². The smallest absolute Gasteiger partial charge is 0.338 e. The Bertz CT molecular complexity index is 1350. The molecule has 31 heavy (non-hydrogen) atoms. The number of carbonyl (C=O) groups excluding carboxylic acids is 1. The highest BCUT2D eigenvalue weighted by Crippen LogP contribution is 2.14. The zero-order valence-electron chi connectivity index (χ0n) is 17.0. The molecule has 0 amide bonds. The third-order valence-corrected chi connectivity index (χ3v) is 4.87. The second-order valence-electron chi connectivity index (χ2n) is 6.90. The van der Waals surface area contributed by atoms with Crippen molar-refractivity contribution in [2.24, 2.45) is 7.05 Å². The lowest BCUT2D eigenvalue weighted by atomic mass is 10.2. The van der Waals surface area contributed by atoms with Gasteiger partial charge in [0, 0.05) is 13.6 Å². The molecule has 12 heteroatoms. The highest BCUT2D eigenvalue weighted by molar-refractivity contribution is 5.90. The van der Waals surface area contributed by atoms with Crippen LogP contribution < -0.4 is 11.2 Å². The van der Waals surface area contributed by atoms with Crippen LogP contribution in [0.5, 0.6) is 0 Å². The molecule has 0 saturated heterocycles. The molecular weight excluding hydrogens is 404 g/mol. The Kier molecular flexibility index (Phi) is 5.43. The van der Waals surface area contributed by atoms with E-state index in [1.54, 1.807) is 31.3 Å². The number of esters is 1. The molecule has 0 fully saturated rings. The Balaban J connectivity index is 1.59. The van der Waals surface area contributed by atoms with E-state index in [0.717, 1.165) is 12.8 Å². The van der Waals surface area contributed by atoms with Gasteiger partial charge in [0.05, 0.1) is 11.3 Å². The van der Waals surface area contributed by atoms with E-state index >= 15 is 0 Å². The maximum atomic E-state index is 12.6. The average molecular weight is 424 g/mol. The summed E-state index contributed by atoms with van der Waals surface area (Å²) in [4.78, 5) is 43.8. The summed E-state index contributed by atoms with van der Waals surface area (Å²) in [6.07, 6.45) is 3.06. The summed E-state index contributed by atoms with van der Waals surface area (Å²) >= 11 is 0. The lowest BCUT2D eigenvalue weighted by molar-refractivity contribution is 0.0459. The van der Waals surface area contributed by atoms with Crippen LogP contribution in [0.2, 0.25) is 0 Å². The van der Waals surface area contributed by atoms with Crippen LogP contribution in [0.4, 0.5) is 0 Å². The molecule has 4 rings (SSSR count). The van der Waals surface area contributed by atoms with Gasteiger partial charge in [-0.2, -0.15) is 0 Å². The van der Waals surface area contributed by atoms with Crippen LogP contribution in [0.25, 0.3) is 16.9 Å². The van der Waals surface area contributed by atoms with Crippen molar-refractivity contribution >= 4 is 17.1 Å². The molecule has 12 nitrogen and oxygen atoms in total. The fraction of sp³-hybridized carbons (Fsp3) is 0.316. The van der Waals surface area contributed by atoms with Crippen molar-refractivity contribution in [2.45, 2.75) is 32.9 Å². The molecule has 0 bridgehead atoms. The number of rotatable bonds is 7. The Morgan fingerprint density at radius 3 is 2.84 bits per heavy atom. The number of ether oxygens (including phenoxy) is 1. The van der Waals surface area contributed by atoms with Crippen LogP contribution in [0.1, 0.15) is 35.9 Å². The number of fused-ring (bicyclic) bond motifs is 1. The number of nitrogens with zero attached hydrogens (tertiary/aromatic N) is 7. The highest BCUT2D eigenvalue weighted by atomic mass is 16.5. The van der Waals surface area contributed by atoms with E-state index in [9.17, 15) is 14.4 Å². The van der Waals surface area contributed by atoms with Gasteiger partial charge in [-0.15, -0.1) is 5.10 Å². The summed E-state index contributed by atoms with van der Waals surface area (Å²) < 4.78 is 9.79. The lowest BCUT2D eigenvalue weighted by Crippen LogP contribution is -2.31. The van der Waals surface area contributed by atoms with Gasteiger partial charge in [-0.3, -0.25) is 14.3 Å². The molecule has 0 spiro atoms. The molecule has 3 aromatic heterocycles. The summed E-state index contributed by atoms with van der Waals surface area (Å²) in [6, 6.07) is 6.65. The van der Waals surface area contributed by atoms with Crippen molar-refractivity contribution in [1.82, 2.24) is 39.3 Å². The predicted molar refractivity (Wildman–Crippen MR) is 109 cm³/mol. The second-order valence-corrected chi connectivity index (χ2v) is 6.90. The molecule has 0 aliphatic heterocycles. The molecule has 0 saturated carbocycles. The highest BCUT2D eigenvalue weighted by Gasteiger charge is 2.18. The van der Waals surface area contributed by atoms with Crippen molar-refractivity contribution in [2.75, 3.05) is 0 Å². The monoisotopic (exact) mass is 424 g/mol. The van der Waals surface area contributed by atoms with Gasteiger partial charge in [-0.25, -0.2) is 19.3 Å². The SMILES string of the molecule is CCCCn1c(=O)[nH]c(=O)c2c1nc(COC(=O)c1cccc(-n3cnnn3)c1)n2C. The minimum Gasteiger partial charge on any atom is -0.454 e. The van der Waals surface area contributed by atoms with E-state index in [4.69, 9.17) is 4.74 Å². The summed E-state index contributed by atoms with van der Waals surface area (Å²) in [5.41, 5.74) is 0.401. The first-order valence-electron chi connectivity index (χ1n) is 9.68. The van der Waals surface area contributed by atoms with Gasteiger partial charge in [0.15, 0.2) is 11.2 Å². The van der Waals surface area contributed by atoms with Crippen molar-refractivity contribution in [1.29, 1.82) is 0 Å². The maximum Gasteiger partial charge on any atom is 0.338 e. The predicted octanol–water partition coefficient (Wildman–Crippen LogP) is 0.556. The first kappa shape index (κ1) is 20.2. The number of hydrogen-bond donors (Lipinski definition) is 1. The summed E-state index contributed by atoms with van der Waals surface area (Å²) in [7, 11) is 1.64. The minimum absolute atomic E-state index is 0.166. The largest absolute Gasteiger partial charge is 0.454 e. The number of benzene rings is 1. The van der Waals surface area contributed by atoms with E-state index in [1.165, 1.54) is 20.1 Å². The number of nitrogens with one attached hydrogen (secondary N) is 1.